The van der Waals surface area contributed by atoms with Gasteiger partial charge in [0.1, 0.15) is 0 Å². The minimum Gasteiger partial charge on any atom is -0.295 e. The van der Waals surface area contributed by atoms with Crippen molar-refractivity contribution in [2.45, 2.75) is 38.8 Å². The van der Waals surface area contributed by atoms with E-state index in [1.807, 2.05) is 19.1 Å². The molecule has 5 rings (SSSR count). The highest BCUT2D eigenvalue weighted by molar-refractivity contribution is 6.24. The second kappa shape index (κ2) is 7.24. The third-order valence-corrected chi connectivity index (χ3v) is 6.99. The average Bonchev–Trinajstić information content (AvgIpc) is 3.40. The Labute approximate surface area is 180 Å². The SMILES string of the molecule is CC(=O)c1ccc(N2C(=O)C3C(C2=O)C(C(=O)c2ccc(C)cc2)N2CCCC32)cc1. The van der Waals surface area contributed by atoms with Crippen LogP contribution in [-0.4, -0.2) is 46.9 Å². The number of anilines is 1. The minimum atomic E-state index is -0.668. The smallest absolute Gasteiger partial charge is 0.239 e. The van der Waals surface area contributed by atoms with Gasteiger partial charge in [0.25, 0.3) is 0 Å². The summed E-state index contributed by atoms with van der Waals surface area (Å²) in [6.07, 6.45) is 1.73. The number of rotatable bonds is 4. The molecule has 0 bridgehead atoms. The number of carbonyl (C=O) groups is 4. The molecule has 4 atom stereocenters. The Morgan fingerprint density at radius 1 is 0.871 bits per heavy atom. The molecular weight excluding hydrogens is 392 g/mol. The molecule has 0 spiro atoms. The first kappa shape index (κ1) is 19.8. The molecule has 4 unspecified atom stereocenters. The molecule has 0 saturated carbocycles. The summed E-state index contributed by atoms with van der Waals surface area (Å²) in [5.74, 6) is -1.88. The number of fused-ring (bicyclic) bond motifs is 3. The lowest BCUT2D eigenvalue weighted by Gasteiger charge is -2.27. The van der Waals surface area contributed by atoms with Crippen molar-refractivity contribution in [3.8, 4) is 0 Å². The van der Waals surface area contributed by atoms with Crippen molar-refractivity contribution in [1.82, 2.24) is 4.90 Å². The number of hydrogen-bond donors (Lipinski definition) is 0. The minimum absolute atomic E-state index is 0.0761. The summed E-state index contributed by atoms with van der Waals surface area (Å²) in [5.41, 5.74) is 2.62. The maximum atomic E-state index is 13.5. The standard InChI is InChI=1S/C25H24N2O4/c1-14-5-7-17(8-6-14)23(29)22-21-20(19-4-3-13-26(19)22)24(30)27(25(21)31)18-11-9-16(10-12-18)15(2)28/h5-12,19-22H,3-4,13H2,1-2H3. The average molecular weight is 416 g/mol. The van der Waals surface area contributed by atoms with Crippen LogP contribution in [0.2, 0.25) is 0 Å². The van der Waals surface area contributed by atoms with Crippen LogP contribution in [-0.2, 0) is 9.59 Å². The van der Waals surface area contributed by atoms with E-state index in [2.05, 4.69) is 4.90 Å². The Hall–Kier alpha value is -3.12. The summed E-state index contributed by atoms with van der Waals surface area (Å²) in [7, 11) is 0. The van der Waals surface area contributed by atoms with E-state index in [4.69, 9.17) is 0 Å². The van der Waals surface area contributed by atoms with Gasteiger partial charge in [0.15, 0.2) is 11.6 Å². The Kier molecular flexibility index (Phi) is 4.63. The quantitative estimate of drug-likeness (QED) is 0.566. The Morgan fingerprint density at radius 3 is 2.13 bits per heavy atom. The van der Waals surface area contributed by atoms with E-state index in [9.17, 15) is 19.2 Å². The van der Waals surface area contributed by atoms with Gasteiger partial charge in [-0.2, -0.15) is 0 Å². The molecule has 0 N–H and O–H groups in total. The van der Waals surface area contributed by atoms with Crippen LogP contribution in [0.25, 0.3) is 0 Å². The second-order valence-electron chi connectivity index (χ2n) is 8.79. The van der Waals surface area contributed by atoms with Crippen LogP contribution in [0.15, 0.2) is 48.5 Å². The fraction of sp³-hybridized carbons (Fsp3) is 0.360. The number of carbonyl (C=O) groups excluding carboxylic acids is 4. The van der Waals surface area contributed by atoms with Crippen molar-refractivity contribution >= 4 is 29.1 Å². The summed E-state index contributed by atoms with van der Waals surface area (Å²) in [6, 6.07) is 13.2. The second-order valence-corrected chi connectivity index (χ2v) is 8.79. The molecule has 6 nitrogen and oxygen atoms in total. The summed E-state index contributed by atoms with van der Waals surface area (Å²) in [4.78, 5) is 55.3. The molecule has 3 aliphatic rings. The molecule has 6 heteroatoms. The molecule has 0 radical (unpaired) electrons. The van der Waals surface area contributed by atoms with Crippen molar-refractivity contribution in [2.24, 2.45) is 11.8 Å². The monoisotopic (exact) mass is 416 g/mol. The van der Waals surface area contributed by atoms with Crippen LogP contribution in [0.4, 0.5) is 5.69 Å². The number of nitrogens with zero attached hydrogens (tertiary/aromatic N) is 2. The molecule has 0 aliphatic carbocycles. The van der Waals surface area contributed by atoms with Crippen molar-refractivity contribution in [1.29, 1.82) is 0 Å². The van der Waals surface area contributed by atoms with Crippen LogP contribution in [0, 0.1) is 18.8 Å². The lowest BCUT2D eigenvalue weighted by atomic mass is 9.85. The molecule has 158 valence electrons. The molecule has 2 amide bonds. The zero-order valence-electron chi connectivity index (χ0n) is 17.6. The number of ketones is 2. The van der Waals surface area contributed by atoms with Crippen molar-refractivity contribution in [3.63, 3.8) is 0 Å². The molecule has 2 aromatic carbocycles. The first-order valence-corrected chi connectivity index (χ1v) is 10.7. The topological polar surface area (TPSA) is 74.8 Å². The molecule has 0 aromatic heterocycles. The summed E-state index contributed by atoms with van der Waals surface area (Å²) < 4.78 is 0. The van der Waals surface area contributed by atoms with E-state index in [0.29, 0.717) is 16.8 Å². The highest BCUT2D eigenvalue weighted by atomic mass is 16.2. The van der Waals surface area contributed by atoms with Gasteiger partial charge in [0.2, 0.25) is 11.8 Å². The van der Waals surface area contributed by atoms with Gasteiger partial charge in [-0.3, -0.25) is 24.1 Å². The van der Waals surface area contributed by atoms with E-state index < -0.39 is 17.9 Å². The third-order valence-electron chi connectivity index (χ3n) is 6.99. The van der Waals surface area contributed by atoms with E-state index in [0.717, 1.165) is 24.9 Å². The van der Waals surface area contributed by atoms with Gasteiger partial charge in [-0.05, 0) is 57.5 Å². The van der Waals surface area contributed by atoms with Crippen molar-refractivity contribution < 1.29 is 19.2 Å². The zero-order chi connectivity index (χ0) is 21.9. The number of Topliss-reactive ketones (excluding diaryl/α,β-unsaturated/α-hetero) is 2. The lowest BCUT2D eigenvalue weighted by Crippen LogP contribution is -2.46. The summed E-state index contributed by atoms with van der Waals surface area (Å²) in [5, 5.41) is 0. The van der Waals surface area contributed by atoms with Crippen molar-refractivity contribution in [2.75, 3.05) is 11.4 Å². The van der Waals surface area contributed by atoms with Crippen molar-refractivity contribution in [3.05, 3.63) is 65.2 Å². The van der Waals surface area contributed by atoms with E-state index in [1.54, 1.807) is 36.4 Å². The van der Waals surface area contributed by atoms with E-state index >= 15 is 0 Å². The van der Waals surface area contributed by atoms with E-state index in [1.165, 1.54) is 11.8 Å². The van der Waals surface area contributed by atoms with Crippen LogP contribution < -0.4 is 4.90 Å². The molecule has 3 saturated heterocycles. The van der Waals surface area contributed by atoms with Crippen LogP contribution >= 0.6 is 0 Å². The Bertz CT molecular complexity index is 1090. The molecule has 3 fully saturated rings. The maximum absolute atomic E-state index is 13.5. The summed E-state index contributed by atoms with van der Waals surface area (Å²) >= 11 is 0. The highest BCUT2D eigenvalue weighted by Gasteiger charge is 2.64. The van der Waals surface area contributed by atoms with Gasteiger partial charge >= 0.3 is 0 Å². The van der Waals surface area contributed by atoms with E-state index in [-0.39, 0.29) is 29.4 Å². The highest BCUT2D eigenvalue weighted by Crippen LogP contribution is 2.48. The van der Waals surface area contributed by atoms with Gasteiger partial charge in [0.05, 0.1) is 23.6 Å². The molecule has 31 heavy (non-hydrogen) atoms. The van der Waals surface area contributed by atoms with Gasteiger partial charge in [-0.15, -0.1) is 0 Å². The molecule has 2 aromatic rings. The lowest BCUT2D eigenvalue weighted by molar-refractivity contribution is -0.123. The normalized spacial score (nSPS) is 27.5. The van der Waals surface area contributed by atoms with Crippen LogP contribution in [0.5, 0.6) is 0 Å². The zero-order valence-corrected chi connectivity index (χ0v) is 17.6. The van der Waals surface area contributed by atoms with Gasteiger partial charge in [-0.25, -0.2) is 4.90 Å². The fourth-order valence-electron chi connectivity index (χ4n) is 5.50. The number of benzene rings is 2. The first-order chi connectivity index (χ1) is 14.9. The van der Waals surface area contributed by atoms with Crippen LogP contribution in [0.3, 0.4) is 0 Å². The predicted octanol–water partition coefficient (Wildman–Crippen LogP) is 3.03. The third kappa shape index (κ3) is 2.97. The Balaban J connectivity index is 1.52. The molecular formula is C25H24N2O4. The number of hydrogen-bond acceptors (Lipinski definition) is 5. The molecule has 3 heterocycles. The fourth-order valence-corrected chi connectivity index (χ4v) is 5.50. The number of amides is 2. The predicted molar refractivity (Wildman–Crippen MR) is 115 cm³/mol. The maximum Gasteiger partial charge on any atom is 0.239 e. The largest absolute Gasteiger partial charge is 0.295 e. The van der Waals surface area contributed by atoms with Crippen LogP contribution in [0.1, 0.15) is 46.0 Å². The van der Waals surface area contributed by atoms with Gasteiger partial charge < -0.3 is 0 Å². The Morgan fingerprint density at radius 2 is 1.48 bits per heavy atom. The number of aryl methyl sites for hydroxylation is 1. The first-order valence-electron chi connectivity index (χ1n) is 10.7. The molecule has 3 aliphatic heterocycles. The number of imide groups is 1. The summed E-state index contributed by atoms with van der Waals surface area (Å²) in [6.45, 7) is 4.17. The van der Waals surface area contributed by atoms with Gasteiger partial charge in [-0.1, -0.05) is 29.8 Å². The van der Waals surface area contributed by atoms with Gasteiger partial charge in [0, 0.05) is 17.2 Å².